The number of ether oxygens (including phenoxy) is 1. The number of carbonyl (C=O) groups is 5. The summed E-state index contributed by atoms with van der Waals surface area (Å²) < 4.78 is 5.77. The summed E-state index contributed by atoms with van der Waals surface area (Å²) in [6, 6.07) is -2.62. The van der Waals surface area contributed by atoms with Crippen LogP contribution in [0.2, 0.25) is 0 Å². The number of fused-ring (bicyclic) bond motifs is 1. The molecule has 1 aromatic heterocycles. The first-order valence-electron chi connectivity index (χ1n) is 15.8. The molecule has 2 heterocycles. The molecule has 4 rings (SSSR count). The minimum absolute atomic E-state index is 0.0213. The van der Waals surface area contributed by atoms with Crippen LogP contribution in [0.3, 0.4) is 0 Å². The molecule has 3 amide bonds. The van der Waals surface area contributed by atoms with Crippen LogP contribution in [0.4, 0.5) is 0 Å². The van der Waals surface area contributed by atoms with Gasteiger partial charge >= 0.3 is 11.9 Å². The number of nitrogens with one attached hydrogen (secondary N) is 2. The molecule has 0 bridgehead atoms. The Morgan fingerprint density at radius 3 is 2.09 bits per heavy atom. The summed E-state index contributed by atoms with van der Waals surface area (Å²) in [7, 11) is 0. The number of nitrogens with zero attached hydrogens (tertiary/aromatic N) is 3. The van der Waals surface area contributed by atoms with Crippen LogP contribution < -0.4 is 10.6 Å². The van der Waals surface area contributed by atoms with Crippen LogP contribution in [-0.2, 0) is 19.1 Å². The van der Waals surface area contributed by atoms with Crippen molar-refractivity contribution in [3.8, 4) is 0 Å². The number of hydrogen-bond acceptors (Lipinski definition) is 8. The summed E-state index contributed by atoms with van der Waals surface area (Å²) in [5.41, 5.74) is -1.83. The van der Waals surface area contributed by atoms with Crippen LogP contribution in [0.15, 0.2) is 12.4 Å². The molecule has 2 aliphatic carbocycles. The van der Waals surface area contributed by atoms with Crippen molar-refractivity contribution in [3.05, 3.63) is 23.8 Å². The summed E-state index contributed by atoms with van der Waals surface area (Å²) in [5.74, 6) is -3.09. The van der Waals surface area contributed by atoms with Crippen molar-refractivity contribution in [2.45, 2.75) is 117 Å². The molecule has 3 N–H and O–H groups in total. The van der Waals surface area contributed by atoms with Gasteiger partial charge in [-0.15, -0.1) is 0 Å². The first-order valence-corrected chi connectivity index (χ1v) is 15.8. The number of carboxylic acids is 1. The zero-order valence-corrected chi connectivity index (χ0v) is 26.7. The van der Waals surface area contributed by atoms with E-state index in [1.54, 1.807) is 4.90 Å². The van der Waals surface area contributed by atoms with E-state index in [0.29, 0.717) is 6.54 Å². The number of esters is 1. The predicted octanol–water partition coefficient (Wildman–Crippen LogP) is 3.35. The molecule has 1 aliphatic heterocycles. The van der Waals surface area contributed by atoms with Gasteiger partial charge in [-0.1, -0.05) is 46.5 Å². The van der Waals surface area contributed by atoms with Gasteiger partial charge in [-0.25, -0.2) is 19.6 Å². The number of aromatic carboxylic acids is 1. The van der Waals surface area contributed by atoms with Gasteiger partial charge in [0.05, 0.1) is 12.4 Å². The molecule has 1 aromatic rings. The first-order chi connectivity index (χ1) is 20.6. The number of aromatic nitrogens is 2. The molecule has 12 nitrogen and oxygen atoms in total. The normalized spacial score (nSPS) is 23.8. The lowest BCUT2D eigenvalue weighted by Crippen LogP contribution is -2.61. The van der Waals surface area contributed by atoms with Gasteiger partial charge < -0.3 is 25.4 Å². The second kappa shape index (κ2) is 13.2. The zero-order chi connectivity index (χ0) is 32.4. The van der Waals surface area contributed by atoms with Gasteiger partial charge in [0, 0.05) is 6.54 Å². The Morgan fingerprint density at radius 1 is 0.886 bits per heavy atom. The maximum absolute atomic E-state index is 14.3. The second-order valence-electron chi connectivity index (χ2n) is 14.6. The van der Waals surface area contributed by atoms with Crippen molar-refractivity contribution in [1.29, 1.82) is 0 Å². The van der Waals surface area contributed by atoms with Crippen molar-refractivity contribution in [2.24, 2.45) is 23.2 Å². The highest BCUT2D eigenvalue weighted by Gasteiger charge is 2.53. The van der Waals surface area contributed by atoms with E-state index in [-0.39, 0.29) is 35.0 Å². The number of amides is 3. The van der Waals surface area contributed by atoms with Crippen molar-refractivity contribution in [3.63, 3.8) is 0 Å². The lowest BCUT2D eigenvalue weighted by molar-refractivity contribution is -0.165. The minimum atomic E-state index is -1.27. The Hall–Kier alpha value is -3.57. The van der Waals surface area contributed by atoms with Gasteiger partial charge in [0.25, 0.3) is 5.91 Å². The van der Waals surface area contributed by atoms with Crippen LogP contribution in [0, 0.1) is 23.2 Å². The molecule has 0 aromatic carbocycles. The largest absolute Gasteiger partial charge is 0.476 e. The first kappa shape index (κ1) is 33.3. The summed E-state index contributed by atoms with van der Waals surface area (Å²) in [6.45, 7) is 11.4. The fourth-order valence-electron chi connectivity index (χ4n) is 6.88. The number of hydrogen-bond donors (Lipinski definition) is 3. The molecule has 12 heteroatoms. The summed E-state index contributed by atoms with van der Waals surface area (Å²) >= 11 is 0. The van der Waals surface area contributed by atoms with Gasteiger partial charge in [-0.3, -0.25) is 14.4 Å². The number of carboxylic acid groups (broad SMARTS) is 1. The summed E-state index contributed by atoms with van der Waals surface area (Å²) in [5, 5.41) is 14.9. The third kappa shape index (κ3) is 7.74. The molecule has 2 saturated carbocycles. The van der Waals surface area contributed by atoms with Gasteiger partial charge in [0.1, 0.15) is 29.4 Å². The van der Waals surface area contributed by atoms with Crippen molar-refractivity contribution in [1.82, 2.24) is 25.5 Å². The molecule has 0 spiro atoms. The fraction of sp³-hybridized carbons (Fsp3) is 0.719. The van der Waals surface area contributed by atoms with Gasteiger partial charge in [-0.05, 0) is 69.6 Å². The van der Waals surface area contributed by atoms with E-state index in [0.717, 1.165) is 63.8 Å². The highest BCUT2D eigenvalue weighted by Crippen LogP contribution is 2.44. The zero-order valence-electron chi connectivity index (χ0n) is 26.7. The molecular formula is C32H47N5O7. The topological polar surface area (TPSA) is 168 Å². The lowest BCUT2D eigenvalue weighted by Gasteiger charge is -2.38. The maximum Gasteiger partial charge on any atom is 0.356 e. The average molecular weight is 614 g/mol. The van der Waals surface area contributed by atoms with Gasteiger partial charge in [-0.2, -0.15) is 0 Å². The smallest absolute Gasteiger partial charge is 0.356 e. The van der Waals surface area contributed by atoms with E-state index >= 15 is 0 Å². The Morgan fingerprint density at radius 2 is 1.52 bits per heavy atom. The van der Waals surface area contributed by atoms with E-state index in [9.17, 15) is 24.0 Å². The Kier molecular flexibility index (Phi) is 9.99. The Bertz CT molecular complexity index is 1250. The molecular weight excluding hydrogens is 566 g/mol. The van der Waals surface area contributed by atoms with Crippen LogP contribution >= 0.6 is 0 Å². The molecule has 242 valence electrons. The highest BCUT2D eigenvalue weighted by molar-refractivity contribution is 5.98. The van der Waals surface area contributed by atoms with E-state index in [2.05, 4.69) is 20.6 Å². The Balaban J connectivity index is 1.58. The summed E-state index contributed by atoms with van der Waals surface area (Å²) in [4.78, 5) is 75.4. The van der Waals surface area contributed by atoms with Crippen molar-refractivity contribution < 1.29 is 33.8 Å². The molecule has 1 unspecified atom stereocenters. The number of likely N-dealkylation sites (tertiary alicyclic amines) is 1. The van der Waals surface area contributed by atoms with E-state index in [4.69, 9.17) is 9.84 Å². The van der Waals surface area contributed by atoms with Gasteiger partial charge in [0.2, 0.25) is 11.8 Å². The lowest BCUT2D eigenvalue weighted by atomic mass is 9.82. The SMILES string of the molecule is CC(C)(C)OC(=O)[C@@H]1C2CCC[C@H]2CN1C(=O)[C@@H](NC(=O)[C@@H](NC(=O)c1cnc(C(=O)O)cn1)C1CCCCC1)C(C)(C)C. The van der Waals surface area contributed by atoms with E-state index in [1.165, 1.54) is 0 Å². The molecule has 3 aliphatic rings. The minimum Gasteiger partial charge on any atom is -0.476 e. The third-order valence-corrected chi connectivity index (χ3v) is 9.02. The molecule has 3 fully saturated rings. The van der Waals surface area contributed by atoms with E-state index in [1.807, 2.05) is 41.5 Å². The molecule has 0 radical (unpaired) electrons. The Labute approximate surface area is 259 Å². The average Bonchev–Trinajstić information content (AvgIpc) is 3.54. The molecule has 44 heavy (non-hydrogen) atoms. The van der Waals surface area contributed by atoms with Crippen LogP contribution in [0.1, 0.15) is 114 Å². The summed E-state index contributed by atoms with van der Waals surface area (Å²) in [6.07, 6.45) is 9.16. The quantitative estimate of drug-likeness (QED) is 0.372. The third-order valence-electron chi connectivity index (χ3n) is 9.02. The van der Waals surface area contributed by atoms with Crippen molar-refractivity contribution in [2.75, 3.05) is 6.54 Å². The van der Waals surface area contributed by atoms with Gasteiger partial charge in [0.15, 0.2) is 5.69 Å². The predicted molar refractivity (Wildman–Crippen MR) is 160 cm³/mol. The number of rotatable bonds is 8. The van der Waals surface area contributed by atoms with E-state index < -0.39 is 52.9 Å². The second-order valence-corrected chi connectivity index (χ2v) is 14.6. The maximum atomic E-state index is 14.3. The fourth-order valence-corrected chi connectivity index (χ4v) is 6.88. The standard InChI is InChI=1S/C32H47N5O7/c1-31(2,3)25(28(40)37-17-19-13-10-14-20(19)24(37)30(43)44-32(4,5)6)36-27(39)23(18-11-8-7-9-12-18)35-26(38)21-15-34-22(16-33-21)29(41)42/h15-16,18-20,23-25H,7-14,17H2,1-6H3,(H,35,38)(H,36,39)(H,41,42)/t19-,20?,23-,24-,25+/m0/s1. The van der Waals surface area contributed by atoms with Crippen molar-refractivity contribution >= 4 is 29.7 Å². The monoisotopic (exact) mass is 613 g/mol. The highest BCUT2D eigenvalue weighted by atomic mass is 16.6. The van der Waals surface area contributed by atoms with Crippen LogP contribution in [0.5, 0.6) is 0 Å². The number of carbonyl (C=O) groups excluding carboxylic acids is 4. The molecule has 1 saturated heterocycles. The van der Waals surface area contributed by atoms with Crippen LogP contribution in [0.25, 0.3) is 0 Å². The molecule has 5 atom stereocenters. The van der Waals surface area contributed by atoms with Crippen LogP contribution in [-0.4, -0.2) is 79.9 Å².